The van der Waals surface area contributed by atoms with Crippen molar-refractivity contribution in [3.05, 3.63) is 35.7 Å². The molecule has 0 aliphatic rings. The van der Waals surface area contributed by atoms with Gasteiger partial charge in [-0.2, -0.15) is 5.10 Å². The van der Waals surface area contributed by atoms with E-state index < -0.39 is 5.97 Å². The number of rotatable bonds is 2. The van der Waals surface area contributed by atoms with Crippen LogP contribution >= 0.6 is 12.4 Å². The molecule has 0 aliphatic carbocycles. The fourth-order valence-electron chi connectivity index (χ4n) is 1.26. The van der Waals surface area contributed by atoms with Crippen LogP contribution in [0.5, 0.6) is 0 Å². The summed E-state index contributed by atoms with van der Waals surface area (Å²) >= 11 is 0. The number of H-pyrrole nitrogens is 1. The van der Waals surface area contributed by atoms with Gasteiger partial charge in [0.2, 0.25) is 0 Å². The van der Waals surface area contributed by atoms with E-state index in [9.17, 15) is 4.79 Å². The van der Waals surface area contributed by atoms with Crippen molar-refractivity contribution in [1.82, 2.24) is 15.2 Å². The van der Waals surface area contributed by atoms with E-state index in [-0.39, 0.29) is 18.0 Å². The Kier molecular flexibility index (Phi) is 3.63. The van der Waals surface area contributed by atoms with E-state index in [0.717, 1.165) is 0 Å². The van der Waals surface area contributed by atoms with Crippen LogP contribution in [-0.4, -0.2) is 26.3 Å². The predicted molar refractivity (Wildman–Crippen MR) is 60.8 cm³/mol. The van der Waals surface area contributed by atoms with Gasteiger partial charge in [-0.1, -0.05) is 12.1 Å². The number of carboxylic acids is 1. The summed E-state index contributed by atoms with van der Waals surface area (Å²) in [7, 11) is 0. The maximum absolute atomic E-state index is 10.7. The number of carboxylic acid groups (broad SMARTS) is 1. The quantitative estimate of drug-likeness (QED) is 0.839. The molecular weight excluding hydrogens is 230 g/mol. The van der Waals surface area contributed by atoms with Crippen molar-refractivity contribution in [2.75, 3.05) is 0 Å². The molecule has 0 saturated carbocycles. The van der Waals surface area contributed by atoms with Gasteiger partial charge in [0.25, 0.3) is 0 Å². The van der Waals surface area contributed by atoms with Crippen LogP contribution in [0, 0.1) is 6.92 Å². The fourth-order valence-corrected chi connectivity index (χ4v) is 1.26. The lowest BCUT2D eigenvalue weighted by Gasteiger charge is -1.97. The number of hydrogen-bond acceptors (Lipinski definition) is 3. The smallest absolute Gasteiger partial charge is 0.335 e. The first kappa shape index (κ1) is 12.2. The molecule has 5 nitrogen and oxygen atoms in total. The largest absolute Gasteiger partial charge is 0.478 e. The van der Waals surface area contributed by atoms with E-state index >= 15 is 0 Å². The molecule has 84 valence electrons. The summed E-state index contributed by atoms with van der Waals surface area (Å²) in [5.74, 6) is 0.255. The van der Waals surface area contributed by atoms with Crippen LogP contribution < -0.4 is 0 Å². The van der Waals surface area contributed by atoms with Gasteiger partial charge in [0.05, 0.1) is 5.56 Å². The van der Waals surface area contributed by atoms with Crippen molar-refractivity contribution in [3.8, 4) is 11.4 Å². The SMILES string of the molecule is Cc1nc(-c2cccc(C(=O)O)c2)n[nH]1.Cl. The molecule has 2 aromatic rings. The predicted octanol–water partition coefficient (Wildman–Crippen LogP) is 1.90. The molecule has 1 aromatic heterocycles. The van der Waals surface area contributed by atoms with Gasteiger partial charge < -0.3 is 5.11 Å². The molecule has 0 aliphatic heterocycles. The number of aryl methyl sites for hydroxylation is 1. The van der Waals surface area contributed by atoms with Gasteiger partial charge in [0.15, 0.2) is 5.82 Å². The van der Waals surface area contributed by atoms with Gasteiger partial charge in [-0.25, -0.2) is 9.78 Å². The van der Waals surface area contributed by atoms with Crippen LogP contribution in [-0.2, 0) is 0 Å². The Bertz CT molecular complexity index is 510. The lowest BCUT2D eigenvalue weighted by molar-refractivity contribution is 0.0697. The maximum atomic E-state index is 10.7. The van der Waals surface area contributed by atoms with Crippen LogP contribution in [0.15, 0.2) is 24.3 Å². The molecule has 1 heterocycles. The van der Waals surface area contributed by atoms with Crippen LogP contribution in [0.4, 0.5) is 0 Å². The molecule has 0 radical (unpaired) electrons. The third kappa shape index (κ3) is 2.38. The molecule has 2 N–H and O–H groups in total. The second-order valence-corrected chi connectivity index (χ2v) is 3.13. The molecule has 16 heavy (non-hydrogen) atoms. The van der Waals surface area contributed by atoms with Gasteiger partial charge in [-0.15, -0.1) is 12.4 Å². The molecule has 0 unspecified atom stereocenters. The number of hydrogen-bond donors (Lipinski definition) is 2. The summed E-state index contributed by atoms with van der Waals surface area (Å²) in [4.78, 5) is 14.9. The zero-order valence-corrected chi connectivity index (χ0v) is 9.28. The van der Waals surface area contributed by atoms with Crippen molar-refractivity contribution in [3.63, 3.8) is 0 Å². The molecule has 0 saturated heterocycles. The van der Waals surface area contributed by atoms with Gasteiger partial charge in [0, 0.05) is 5.56 Å². The number of carbonyl (C=O) groups is 1. The van der Waals surface area contributed by atoms with Crippen LogP contribution in [0.3, 0.4) is 0 Å². The summed E-state index contributed by atoms with van der Waals surface area (Å²) in [5.41, 5.74) is 0.925. The van der Waals surface area contributed by atoms with Crippen LogP contribution in [0.1, 0.15) is 16.2 Å². The number of aromatic carboxylic acids is 1. The van der Waals surface area contributed by atoms with Gasteiger partial charge >= 0.3 is 5.97 Å². The minimum absolute atomic E-state index is 0. The topological polar surface area (TPSA) is 78.9 Å². The Hall–Kier alpha value is -1.88. The zero-order chi connectivity index (χ0) is 10.8. The minimum Gasteiger partial charge on any atom is -0.478 e. The first-order valence-corrected chi connectivity index (χ1v) is 4.39. The molecule has 0 spiro atoms. The van der Waals surface area contributed by atoms with Gasteiger partial charge in [0.1, 0.15) is 5.82 Å². The second-order valence-electron chi connectivity index (χ2n) is 3.13. The Morgan fingerprint density at radius 1 is 1.44 bits per heavy atom. The Morgan fingerprint density at radius 2 is 2.19 bits per heavy atom. The highest BCUT2D eigenvalue weighted by atomic mass is 35.5. The van der Waals surface area contributed by atoms with Gasteiger partial charge in [-0.05, 0) is 19.1 Å². The monoisotopic (exact) mass is 239 g/mol. The molecule has 0 fully saturated rings. The van der Waals surface area contributed by atoms with E-state index in [2.05, 4.69) is 15.2 Å². The number of halogens is 1. The average molecular weight is 240 g/mol. The van der Waals surface area contributed by atoms with Crippen molar-refractivity contribution >= 4 is 18.4 Å². The summed E-state index contributed by atoms with van der Waals surface area (Å²) in [6.07, 6.45) is 0. The number of nitrogens with zero attached hydrogens (tertiary/aromatic N) is 2. The van der Waals surface area contributed by atoms with Crippen LogP contribution in [0.2, 0.25) is 0 Å². The normalized spacial score (nSPS) is 9.56. The highest BCUT2D eigenvalue weighted by Crippen LogP contribution is 2.15. The lowest BCUT2D eigenvalue weighted by Crippen LogP contribution is -1.96. The van der Waals surface area contributed by atoms with E-state index in [4.69, 9.17) is 5.11 Å². The van der Waals surface area contributed by atoms with E-state index in [1.807, 2.05) is 0 Å². The van der Waals surface area contributed by atoms with Crippen molar-refractivity contribution in [2.24, 2.45) is 0 Å². The average Bonchev–Trinajstić information content (AvgIpc) is 2.65. The van der Waals surface area contributed by atoms with E-state index in [1.54, 1.807) is 25.1 Å². The molecule has 2 rings (SSSR count). The molecular formula is C10H10ClN3O2. The standard InChI is InChI=1S/C10H9N3O2.ClH/c1-6-11-9(13-12-6)7-3-2-4-8(5-7)10(14)15;/h2-5H,1H3,(H,14,15)(H,11,12,13);1H. The molecule has 6 heteroatoms. The zero-order valence-electron chi connectivity index (χ0n) is 8.47. The summed E-state index contributed by atoms with van der Waals surface area (Å²) in [5, 5.41) is 15.5. The lowest BCUT2D eigenvalue weighted by atomic mass is 10.1. The minimum atomic E-state index is -0.955. The van der Waals surface area contributed by atoms with E-state index in [1.165, 1.54) is 6.07 Å². The number of benzene rings is 1. The van der Waals surface area contributed by atoms with Crippen molar-refractivity contribution in [1.29, 1.82) is 0 Å². The first-order valence-electron chi connectivity index (χ1n) is 4.39. The number of nitrogens with one attached hydrogen (secondary N) is 1. The Morgan fingerprint density at radius 3 is 2.75 bits per heavy atom. The van der Waals surface area contributed by atoms with Gasteiger partial charge in [-0.3, -0.25) is 5.10 Å². The maximum Gasteiger partial charge on any atom is 0.335 e. The molecule has 0 bridgehead atoms. The summed E-state index contributed by atoms with van der Waals surface area (Å²) in [6, 6.07) is 6.52. The van der Waals surface area contributed by atoms with Crippen molar-refractivity contribution in [2.45, 2.75) is 6.92 Å². The molecule has 0 atom stereocenters. The first-order chi connectivity index (χ1) is 7.16. The number of aromatic nitrogens is 3. The molecule has 0 amide bonds. The van der Waals surface area contributed by atoms with E-state index in [0.29, 0.717) is 17.2 Å². The number of aromatic amines is 1. The summed E-state index contributed by atoms with van der Waals surface area (Å²) in [6.45, 7) is 1.79. The Labute approximate surface area is 97.9 Å². The fraction of sp³-hybridized carbons (Fsp3) is 0.100. The molecule has 1 aromatic carbocycles. The summed E-state index contributed by atoms with van der Waals surface area (Å²) < 4.78 is 0. The third-order valence-corrected chi connectivity index (χ3v) is 1.96. The van der Waals surface area contributed by atoms with Crippen LogP contribution in [0.25, 0.3) is 11.4 Å². The highest BCUT2D eigenvalue weighted by Gasteiger charge is 2.07. The highest BCUT2D eigenvalue weighted by molar-refractivity contribution is 5.89. The third-order valence-electron chi connectivity index (χ3n) is 1.96. The second kappa shape index (κ2) is 4.76. The van der Waals surface area contributed by atoms with Crippen molar-refractivity contribution < 1.29 is 9.90 Å². The Balaban J connectivity index is 0.00000128.